The summed E-state index contributed by atoms with van der Waals surface area (Å²) in [7, 11) is 1.62. The summed E-state index contributed by atoms with van der Waals surface area (Å²) in [6.45, 7) is 1.07. The highest BCUT2D eigenvalue weighted by Gasteiger charge is 2.21. The molecule has 1 aliphatic carbocycles. The Labute approximate surface area is 97.0 Å². The third-order valence-corrected chi connectivity index (χ3v) is 4.06. The predicted octanol–water partition coefficient (Wildman–Crippen LogP) is 1.26. The molecule has 0 aromatic carbocycles. The van der Waals surface area contributed by atoms with Crippen LogP contribution in [-0.4, -0.2) is 49.0 Å². The molecular formula is C11H23NO2S. The maximum Gasteiger partial charge on any atom is 0.0897 e. The molecular weight excluding hydrogens is 210 g/mol. The van der Waals surface area contributed by atoms with Gasteiger partial charge in [0, 0.05) is 24.9 Å². The van der Waals surface area contributed by atoms with E-state index in [2.05, 4.69) is 11.6 Å². The van der Waals surface area contributed by atoms with E-state index in [-0.39, 0.29) is 6.10 Å². The predicted molar refractivity (Wildman–Crippen MR) is 65.4 cm³/mol. The Balaban J connectivity index is 2.14. The van der Waals surface area contributed by atoms with Crippen molar-refractivity contribution in [3.05, 3.63) is 0 Å². The normalized spacial score (nSPS) is 29.0. The molecule has 0 amide bonds. The maximum absolute atomic E-state index is 9.51. The molecule has 0 aliphatic heterocycles. The van der Waals surface area contributed by atoms with Gasteiger partial charge in [0.1, 0.15) is 0 Å². The lowest BCUT2D eigenvalue weighted by Crippen LogP contribution is -2.40. The van der Waals surface area contributed by atoms with Crippen molar-refractivity contribution in [3.8, 4) is 0 Å². The molecule has 4 heteroatoms. The van der Waals surface area contributed by atoms with Gasteiger partial charge in [-0.05, 0) is 25.5 Å². The van der Waals surface area contributed by atoms with Gasteiger partial charge >= 0.3 is 0 Å². The van der Waals surface area contributed by atoms with Crippen LogP contribution in [0.25, 0.3) is 0 Å². The molecule has 1 fully saturated rings. The van der Waals surface area contributed by atoms with Crippen LogP contribution >= 0.6 is 11.8 Å². The molecule has 0 aromatic heterocycles. The number of methoxy groups -OCH3 is 1. The van der Waals surface area contributed by atoms with Crippen LogP contribution in [0.4, 0.5) is 0 Å². The summed E-state index contributed by atoms with van der Waals surface area (Å²) in [5, 5.41) is 13.7. The Bertz CT molecular complexity index is 169. The molecule has 1 aliphatic rings. The molecule has 3 atom stereocenters. The first kappa shape index (κ1) is 13.3. The number of hydrogen-bond donors (Lipinski definition) is 2. The minimum atomic E-state index is -0.371. The van der Waals surface area contributed by atoms with E-state index in [1.807, 2.05) is 11.8 Å². The zero-order chi connectivity index (χ0) is 11.1. The number of ether oxygens (including phenoxy) is 1. The smallest absolute Gasteiger partial charge is 0.0897 e. The van der Waals surface area contributed by atoms with Crippen LogP contribution in [-0.2, 0) is 4.74 Å². The third-order valence-electron chi connectivity index (χ3n) is 2.96. The zero-order valence-corrected chi connectivity index (χ0v) is 10.6. The number of aliphatic hydroxyl groups is 1. The minimum Gasteiger partial charge on any atom is -0.389 e. The largest absolute Gasteiger partial charge is 0.389 e. The zero-order valence-electron chi connectivity index (χ0n) is 9.74. The van der Waals surface area contributed by atoms with Crippen molar-refractivity contribution in [2.75, 3.05) is 26.5 Å². The van der Waals surface area contributed by atoms with Gasteiger partial charge in [-0.3, -0.25) is 0 Å². The summed E-state index contributed by atoms with van der Waals surface area (Å²) in [5.74, 6) is 0. The number of nitrogens with one attached hydrogen (secondary N) is 1. The third kappa shape index (κ3) is 5.20. The molecule has 15 heavy (non-hydrogen) atoms. The standard InChI is InChI=1S/C11H23NO2S/c1-14-8-10(13)7-12-9-4-3-5-11(6-9)15-2/h9-13H,3-8H2,1-2H3. The SMILES string of the molecule is COCC(O)CNC1CCCC(SC)C1. The lowest BCUT2D eigenvalue weighted by atomic mass is 9.95. The second-order valence-electron chi connectivity index (χ2n) is 4.24. The molecule has 0 heterocycles. The van der Waals surface area contributed by atoms with Crippen molar-refractivity contribution in [1.82, 2.24) is 5.32 Å². The number of thioether (sulfide) groups is 1. The topological polar surface area (TPSA) is 41.5 Å². The van der Waals surface area contributed by atoms with Gasteiger partial charge in [-0.2, -0.15) is 11.8 Å². The highest BCUT2D eigenvalue weighted by atomic mass is 32.2. The second-order valence-corrected chi connectivity index (χ2v) is 5.38. The highest BCUT2D eigenvalue weighted by molar-refractivity contribution is 7.99. The molecule has 0 bridgehead atoms. The average Bonchev–Trinajstić information content (AvgIpc) is 2.27. The van der Waals surface area contributed by atoms with Crippen molar-refractivity contribution in [2.45, 2.75) is 43.1 Å². The van der Waals surface area contributed by atoms with Gasteiger partial charge in [-0.25, -0.2) is 0 Å². The van der Waals surface area contributed by atoms with Crippen LogP contribution in [0, 0.1) is 0 Å². The molecule has 3 nitrogen and oxygen atoms in total. The molecule has 90 valence electrons. The van der Waals surface area contributed by atoms with Crippen molar-refractivity contribution in [1.29, 1.82) is 0 Å². The van der Waals surface area contributed by atoms with Crippen LogP contribution in [0.15, 0.2) is 0 Å². The quantitative estimate of drug-likeness (QED) is 0.725. The Morgan fingerprint density at radius 1 is 1.53 bits per heavy atom. The maximum atomic E-state index is 9.51. The Kier molecular flexibility index (Phi) is 6.64. The summed E-state index contributed by atoms with van der Waals surface area (Å²) in [5.41, 5.74) is 0. The number of rotatable bonds is 6. The Morgan fingerprint density at radius 2 is 2.33 bits per heavy atom. The lowest BCUT2D eigenvalue weighted by Gasteiger charge is -2.29. The van der Waals surface area contributed by atoms with Crippen molar-refractivity contribution >= 4 is 11.8 Å². The van der Waals surface area contributed by atoms with Gasteiger partial charge in [0.2, 0.25) is 0 Å². The monoisotopic (exact) mass is 233 g/mol. The van der Waals surface area contributed by atoms with E-state index in [0.29, 0.717) is 19.2 Å². The van der Waals surface area contributed by atoms with E-state index in [1.165, 1.54) is 25.7 Å². The van der Waals surface area contributed by atoms with E-state index in [9.17, 15) is 5.11 Å². The molecule has 3 unspecified atom stereocenters. The van der Waals surface area contributed by atoms with E-state index in [1.54, 1.807) is 7.11 Å². The molecule has 0 saturated heterocycles. The van der Waals surface area contributed by atoms with E-state index in [4.69, 9.17) is 4.74 Å². The van der Waals surface area contributed by atoms with Crippen LogP contribution in [0.5, 0.6) is 0 Å². The van der Waals surface area contributed by atoms with Crippen molar-refractivity contribution in [2.24, 2.45) is 0 Å². The van der Waals surface area contributed by atoms with E-state index < -0.39 is 0 Å². The molecule has 0 aromatic rings. The summed E-state index contributed by atoms with van der Waals surface area (Å²) >= 11 is 1.97. The van der Waals surface area contributed by atoms with Crippen LogP contribution < -0.4 is 5.32 Å². The minimum absolute atomic E-state index is 0.371. The van der Waals surface area contributed by atoms with Crippen molar-refractivity contribution in [3.63, 3.8) is 0 Å². The molecule has 0 spiro atoms. The van der Waals surface area contributed by atoms with E-state index in [0.717, 1.165) is 5.25 Å². The summed E-state index contributed by atoms with van der Waals surface area (Å²) < 4.78 is 4.89. The lowest BCUT2D eigenvalue weighted by molar-refractivity contribution is 0.0618. The van der Waals surface area contributed by atoms with Gasteiger partial charge in [0.15, 0.2) is 0 Å². The van der Waals surface area contributed by atoms with Gasteiger partial charge in [-0.1, -0.05) is 6.42 Å². The fourth-order valence-corrected chi connectivity index (χ4v) is 2.93. The molecule has 1 rings (SSSR count). The van der Waals surface area contributed by atoms with Gasteiger partial charge in [-0.15, -0.1) is 0 Å². The van der Waals surface area contributed by atoms with Gasteiger partial charge < -0.3 is 15.2 Å². The number of hydrogen-bond acceptors (Lipinski definition) is 4. The van der Waals surface area contributed by atoms with Crippen LogP contribution in [0.3, 0.4) is 0 Å². The van der Waals surface area contributed by atoms with Crippen LogP contribution in [0.1, 0.15) is 25.7 Å². The summed E-state index contributed by atoms with van der Waals surface area (Å²) in [4.78, 5) is 0. The first-order valence-electron chi connectivity index (χ1n) is 5.69. The number of aliphatic hydroxyl groups excluding tert-OH is 1. The molecule has 2 N–H and O–H groups in total. The fraction of sp³-hybridized carbons (Fsp3) is 1.00. The van der Waals surface area contributed by atoms with Crippen molar-refractivity contribution < 1.29 is 9.84 Å². The second kappa shape index (κ2) is 7.49. The van der Waals surface area contributed by atoms with Crippen LogP contribution in [0.2, 0.25) is 0 Å². The average molecular weight is 233 g/mol. The first-order chi connectivity index (χ1) is 7.26. The van der Waals surface area contributed by atoms with E-state index >= 15 is 0 Å². The summed E-state index contributed by atoms with van der Waals surface area (Å²) in [6.07, 6.45) is 6.96. The molecule has 0 radical (unpaired) electrons. The highest BCUT2D eigenvalue weighted by Crippen LogP contribution is 2.26. The van der Waals surface area contributed by atoms with Gasteiger partial charge in [0.05, 0.1) is 12.7 Å². The van der Waals surface area contributed by atoms with Gasteiger partial charge in [0.25, 0.3) is 0 Å². The first-order valence-corrected chi connectivity index (χ1v) is 6.98. The Morgan fingerprint density at radius 3 is 3.00 bits per heavy atom. The summed E-state index contributed by atoms with van der Waals surface area (Å²) in [6, 6.07) is 0.586. The molecule has 1 saturated carbocycles. The Hall–Kier alpha value is 0.230. The fourth-order valence-electron chi connectivity index (χ4n) is 2.10.